The predicted molar refractivity (Wildman–Crippen MR) is 79.8 cm³/mol. The summed E-state index contributed by atoms with van der Waals surface area (Å²) in [6.45, 7) is 0.373. The third-order valence-electron chi connectivity index (χ3n) is 2.95. The van der Waals surface area contributed by atoms with E-state index in [-0.39, 0.29) is 5.57 Å². The third-order valence-corrected chi connectivity index (χ3v) is 2.95. The van der Waals surface area contributed by atoms with Gasteiger partial charge in [-0.2, -0.15) is 0 Å². The van der Waals surface area contributed by atoms with Crippen LogP contribution in [-0.2, 0) is 16.1 Å². The van der Waals surface area contributed by atoms with Crippen molar-refractivity contribution in [2.75, 3.05) is 7.11 Å². The van der Waals surface area contributed by atoms with Crippen molar-refractivity contribution >= 4 is 11.5 Å². The lowest BCUT2D eigenvalue weighted by Gasteiger charge is -2.12. The van der Waals surface area contributed by atoms with Crippen molar-refractivity contribution in [3.05, 3.63) is 72.0 Å². The maximum absolute atomic E-state index is 11.7. The number of hydrogen-bond acceptors (Lipinski definition) is 4. The van der Waals surface area contributed by atoms with Gasteiger partial charge in [-0.15, -0.1) is 0 Å². The second kappa shape index (κ2) is 7.14. The second-order valence-electron chi connectivity index (χ2n) is 4.30. The van der Waals surface area contributed by atoms with Gasteiger partial charge in [-0.3, -0.25) is 0 Å². The maximum Gasteiger partial charge on any atom is 0.341 e. The summed E-state index contributed by atoms with van der Waals surface area (Å²) in [6.07, 6.45) is 0.733. The fourth-order valence-corrected chi connectivity index (χ4v) is 1.89. The molecule has 0 bridgehead atoms. The Kier molecular flexibility index (Phi) is 4.99. The Bertz CT molecular complexity index is 632. The SMILES string of the molecule is COC(=O)/C(=C\O)c1ccccc1OCc1ccccc1. The van der Waals surface area contributed by atoms with Crippen LogP contribution in [-0.4, -0.2) is 18.2 Å². The lowest BCUT2D eigenvalue weighted by molar-refractivity contribution is -0.133. The van der Waals surface area contributed by atoms with Gasteiger partial charge in [-0.25, -0.2) is 4.79 Å². The number of ether oxygens (including phenoxy) is 2. The van der Waals surface area contributed by atoms with E-state index in [1.54, 1.807) is 24.3 Å². The molecule has 0 aliphatic rings. The van der Waals surface area contributed by atoms with Crippen molar-refractivity contribution in [3.63, 3.8) is 0 Å². The molecule has 0 radical (unpaired) electrons. The van der Waals surface area contributed by atoms with Gasteiger partial charge in [-0.05, 0) is 11.6 Å². The molecule has 0 aliphatic carbocycles. The van der Waals surface area contributed by atoms with Gasteiger partial charge in [0.05, 0.1) is 13.4 Å². The number of esters is 1. The largest absolute Gasteiger partial charge is 0.515 e. The molecule has 2 aromatic rings. The average molecular weight is 284 g/mol. The summed E-state index contributed by atoms with van der Waals surface area (Å²) < 4.78 is 10.4. The lowest BCUT2D eigenvalue weighted by Crippen LogP contribution is -2.06. The molecule has 0 saturated carbocycles. The fourth-order valence-electron chi connectivity index (χ4n) is 1.89. The highest BCUT2D eigenvalue weighted by molar-refractivity contribution is 6.16. The molecule has 108 valence electrons. The highest BCUT2D eigenvalue weighted by atomic mass is 16.5. The zero-order chi connectivity index (χ0) is 15.1. The van der Waals surface area contributed by atoms with Crippen LogP contribution in [0.5, 0.6) is 5.75 Å². The monoisotopic (exact) mass is 284 g/mol. The molecule has 0 aromatic heterocycles. The van der Waals surface area contributed by atoms with E-state index in [4.69, 9.17) is 4.74 Å². The Morgan fingerprint density at radius 1 is 1.10 bits per heavy atom. The minimum Gasteiger partial charge on any atom is -0.515 e. The van der Waals surface area contributed by atoms with Gasteiger partial charge in [0.25, 0.3) is 0 Å². The first kappa shape index (κ1) is 14.7. The van der Waals surface area contributed by atoms with Crippen LogP contribution in [0.4, 0.5) is 0 Å². The Morgan fingerprint density at radius 2 is 1.76 bits per heavy atom. The summed E-state index contributed by atoms with van der Waals surface area (Å²) in [7, 11) is 1.26. The first-order valence-electron chi connectivity index (χ1n) is 6.45. The van der Waals surface area contributed by atoms with Crippen LogP contribution in [0.3, 0.4) is 0 Å². The van der Waals surface area contributed by atoms with Crippen LogP contribution < -0.4 is 4.74 Å². The summed E-state index contributed by atoms with van der Waals surface area (Å²) in [5, 5.41) is 9.27. The van der Waals surface area contributed by atoms with Crippen LogP contribution in [0.2, 0.25) is 0 Å². The van der Waals surface area contributed by atoms with Crippen molar-refractivity contribution in [1.82, 2.24) is 0 Å². The highest BCUT2D eigenvalue weighted by Gasteiger charge is 2.17. The minimum atomic E-state index is -0.617. The molecule has 0 heterocycles. The average Bonchev–Trinajstić information content (AvgIpc) is 2.55. The highest BCUT2D eigenvalue weighted by Crippen LogP contribution is 2.27. The van der Waals surface area contributed by atoms with E-state index in [9.17, 15) is 9.90 Å². The van der Waals surface area contributed by atoms with Gasteiger partial charge < -0.3 is 14.6 Å². The summed E-state index contributed by atoms with van der Waals surface area (Å²) >= 11 is 0. The van der Waals surface area contributed by atoms with Crippen molar-refractivity contribution in [2.45, 2.75) is 6.61 Å². The molecule has 4 nitrogen and oxygen atoms in total. The molecule has 0 unspecified atom stereocenters. The zero-order valence-corrected chi connectivity index (χ0v) is 11.7. The number of rotatable bonds is 5. The van der Waals surface area contributed by atoms with E-state index >= 15 is 0 Å². The van der Waals surface area contributed by atoms with Gasteiger partial charge in [0.2, 0.25) is 0 Å². The van der Waals surface area contributed by atoms with Crippen molar-refractivity contribution in [1.29, 1.82) is 0 Å². The Labute approximate surface area is 123 Å². The maximum atomic E-state index is 11.7. The summed E-state index contributed by atoms with van der Waals surface area (Å²) in [5.74, 6) is -0.111. The number of aliphatic hydroxyl groups excluding tert-OH is 1. The third kappa shape index (κ3) is 3.63. The van der Waals surface area contributed by atoms with E-state index in [2.05, 4.69) is 4.74 Å². The first-order chi connectivity index (χ1) is 10.3. The Hall–Kier alpha value is -2.75. The number of carbonyl (C=O) groups excluding carboxylic acids is 1. The van der Waals surface area contributed by atoms with Crippen LogP contribution in [0, 0.1) is 0 Å². The number of methoxy groups -OCH3 is 1. The van der Waals surface area contributed by atoms with E-state index in [0.29, 0.717) is 17.9 Å². The van der Waals surface area contributed by atoms with E-state index in [1.165, 1.54) is 7.11 Å². The molecule has 4 heteroatoms. The van der Waals surface area contributed by atoms with Crippen LogP contribution in [0.25, 0.3) is 5.57 Å². The van der Waals surface area contributed by atoms with E-state index < -0.39 is 5.97 Å². The van der Waals surface area contributed by atoms with Crippen molar-refractivity contribution in [3.8, 4) is 5.75 Å². The summed E-state index contributed by atoms with van der Waals surface area (Å²) in [4.78, 5) is 11.7. The molecule has 21 heavy (non-hydrogen) atoms. The molecule has 0 fully saturated rings. The number of benzene rings is 2. The molecular formula is C17H16O4. The smallest absolute Gasteiger partial charge is 0.341 e. The molecule has 1 N–H and O–H groups in total. The molecule has 0 saturated heterocycles. The Balaban J connectivity index is 2.23. The van der Waals surface area contributed by atoms with Crippen molar-refractivity contribution < 1.29 is 19.4 Å². The van der Waals surface area contributed by atoms with Crippen LogP contribution >= 0.6 is 0 Å². The topological polar surface area (TPSA) is 55.8 Å². The number of para-hydroxylation sites is 1. The van der Waals surface area contributed by atoms with E-state index in [0.717, 1.165) is 11.8 Å². The molecule has 0 spiro atoms. The van der Waals surface area contributed by atoms with Gasteiger partial charge in [-0.1, -0.05) is 48.5 Å². The molecule has 0 amide bonds. The molecule has 0 aliphatic heterocycles. The van der Waals surface area contributed by atoms with Crippen LogP contribution in [0.1, 0.15) is 11.1 Å². The standard InChI is InChI=1S/C17H16O4/c1-20-17(19)15(11-18)14-9-5-6-10-16(14)21-12-13-7-3-2-4-8-13/h2-11,18H,12H2,1H3/b15-11-. The molecule has 2 rings (SSSR count). The van der Waals surface area contributed by atoms with Gasteiger partial charge >= 0.3 is 5.97 Å². The normalized spacial score (nSPS) is 11.0. The number of aliphatic hydroxyl groups is 1. The first-order valence-corrected chi connectivity index (χ1v) is 6.45. The summed E-state index contributed by atoms with van der Waals surface area (Å²) in [5.41, 5.74) is 1.56. The van der Waals surface area contributed by atoms with Gasteiger partial charge in [0.1, 0.15) is 17.9 Å². The van der Waals surface area contributed by atoms with Gasteiger partial charge in [0.15, 0.2) is 0 Å². The zero-order valence-electron chi connectivity index (χ0n) is 11.7. The van der Waals surface area contributed by atoms with E-state index in [1.807, 2.05) is 30.3 Å². The quantitative estimate of drug-likeness (QED) is 0.520. The Morgan fingerprint density at radius 3 is 2.43 bits per heavy atom. The lowest BCUT2D eigenvalue weighted by atomic mass is 10.1. The number of carbonyl (C=O) groups is 1. The second-order valence-corrected chi connectivity index (χ2v) is 4.30. The predicted octanol–water partition coefficient (Wildman–Crippen LogP) is 3.34. The summed E-state index contributed by atoms with van der Waals surface area (Å²) in [6, 6.07) is 16.7. The van der Waals surface area contributed by atoms with Crippen molar-refractivity contribution in [2.24, 2.45) is 0 Å². The minimum absolute atomic E-state index is 0.0566. The number of hydrogen-bond donors (Lipinski definition) is 1. The molecule has 2 aromatic carbocycles. The molecular weight excluding hydrogens is 268 g/mol. The van der Waals surface area contributed by atoms with Crippen LogP contribution in [0.15, 0.2) is 60.9 Å². The fraction of sp³-hybridized carbons (Fsp3) is 0.118. The van der Waals surface area contributed by atoms with Gasteiger partial charge in [0, 0.05) is 5.56 Å². The molecule has 0 atom stereocenters.